The van der Waals surface area contributed by atoms with Gasteiger partial charge in [-0.3, -0.25) is 4.79 Å². The van der Waals surface area contributed by atoms with Crippen LogP contribution in [0.4, 0.5) is 0 Å². The van der Waals surface area contributed by atoms with Gasteiger partial charge in [0, 0.05) is 6.42 Å². The average Bonchev–Trinajstić information content (AvgIpc) is 2.99. The monoisotopic (exact) mass is 280 g/mol. The van der Waals surface area contributed by atoms with Crippen LogP contribution in [-0.2, 0) is 16.6 Å². The van der Waals surface area contributed by atoms with E-state index in [0.717, 1.165) is 16.3 Å². The summed E-state index contributed by atoms with van der Waals surface area (Å²) >= 11 is 0. The number of aliphatic carboxylic acids is 1. The molecule has 0 aliphatic carbocycles. The highest BCUT2D eigenvalue weighted by molar-refractivity contribution is 5.87. The zero-order chi connectivity index (χ0) is 14.9. The van der Waals surface area contributed by atoms with Crippen molar-refractivity contribution < 1.29 is 14.3 Å². The molecule has 1 heterocycles. The van der Waals surface area contributed by atoms with Crippen LogP contribution in [0.1, 0.15) is 18.2 Å². The highest BCUT2D eigenvalue weighted by Gasteiger charge is 2.36. The van der Waals surface area contributed by atoms with Gasteiger partial charge in [-0.05, 0) is 35.4 Å². The lowest BCUT2D eigenvalue weighted by Crippen LogP contribution is -2.34. The standard InChI is InChI=1S/C18H16O3/c1-18(17(19)20,12-16-7-4-10-21-16)15-9-8-13-5-2-3-6-14(13)11-15/h2-11H,12H2,1H3,(H,19,20). The molecule has 0 aliphatic heterocycles. The summed E-state index contributed by atoms with van der Waals surface area (Å²) in [7, 11) is 0. The number of carboxylic acids is 1. The summed E-state index contributed by atoms with van der Waals surface area (Å²) in [4.78, 5) is 11.8. The van der Waals surface area contributed by atoms with E-state index in [-0.39, 0.29) is 0 Å². The van der Waals surface area contributed by atoms with Gasteiger partial charge < -0.3 is 9.52 Å². The summed E-state index contributed by atoms with van der Waals surface area (Å²) in [5.74, 6) is -0.178. The zero-order valence-electron chi connectivity index (χ0n) is 11.7. The van der Waals surface area contributed by atoms with E-state index in [2.05, 4.69) is 0 Å². The molecule has 0 fully saturated rings. The maximum atomic E-state index is 11.8. The molecule has 0 bridgehead atoms. The number of hydrogen-bond donors (Lipinski definition) is 1. The van der Waals surface area contributed by atoms with E-state index < -0.39 is 11.4 Å². The number of carbonyl (C=O) groups is 1. The van der Waals surface area contributed by atoms with E-state index in [4.69, 9.17) is 4.42 Å². The Labute approximate surface area is 122 Å². The smallest absolute Gasteiger partial charge is 0.314 e. The topological polar surface area (TPSA) is 50.4 Å². The van der Waals surface area contributed by atoms with Crippen molar-refractivity contribution in [1.29, 1.82) is 0 Å². The van der Waals surface area contributed by atoms with Crippen molar-refractivity contribution in [2.75, 3.05) is 0 Å². The lowest BCUT2D eigenvalue weighted by molar-refractivity contribution is -0.143. The van der Waals surface area contributed by atoms with E-state index in [9.17, 15) is 9.90 Å². The first-order chi connectivity index (χ1) is 10.1. The van der Waals surface area contributed by atoms with E-state index in [1.165, 1.54) is 0 Å². The summed E-state index contributed by atoms with van der Waals surface area (Å²) in [5.41, 5.74) is -0.230. The minimum atomic E-state index is -1.01. The fourth-order valence-electron chi connectivity index (χ4n) is 2.60. The van der Waals surface area contributed by atoms with Crippen molar-refractivity contribution in [2.24, 2.45) is 0 Å². The van der Waals surface area contributed by atoms with Gasteiger partial charge >= 0.3 is 5.97 Å². The number of furan rings is 1. The van der Waals surface area contributed by atoms with Gasteiger partial charge in [0.2, 0.25) is 0 Å². The van der Waals surface area contributed by atoms with Crippen molar-refractivity contribution in [3.63, 3.8) is 0 Å². The second-order valence-corrected chi connectivity index (χ2v) is 5.46. The van der Waals surface area contributed by atoms with E-state index in [0.29, 0.717) is 12.2 Å². The van der Waals surface area contributed by atoms with Crippen molar-refractivity contribution in [2.45, 2.75) is 18.8 Å². The van der Waals surface area contributed by atoms with Crippen LogP contribution < -0.4 is 0 Å². The number of fused-ring (bicyclic) bond motifs is 1. The van der Waals surface area contributed by atoms with Crippen LogP contribution in [0.5, 0.6) is 0 Å². The Balaban J connectivity index is 2.08. The molecule has 0 radical (unpaired) electrons. The molecule has 1 aromatic heterocycles. The summed E-state index contributed by atoms with van der Waals surface area (Å²) in [6.45, 7) is 1.74. The second-order valence-electron chi connectivity index (χ2n) is 5.46. The Bertz CT molecular complexity index is 774. The Hall–Kier alpha value is -2.55. The molecule has 3 nitrogen and oxygen atoms in total. The van der Waals surface area contributed by atoms with Gasteiger partial charge in [-0.25, -0.2) is 0 Å². The van der Waals surface area contributed by atoms with Gasteiger partial charge in [0.1, 0.15) is 5.76 Å². The van der Waals surface area contributed by atoms with E-state index in [1.807, 2.05) is 48.5 Å². The Morgan fingerprint density at radius 1 is 1.10 bits per heavy atom. The molecule has 3 rings (SSSR count). The van der Waals surface area contributed by atoms with Crippen LogP contribution in [-0.4, -0.2) is 11.1 Å². The van der Waals surface area contributed by atoms with Gasteiger partial charge in [0.25, 0.3) is 0 Å². The van der Waals surface area contributed by atoms with Crippen LogP contribution in [0.25, 0.3) is 10.8 Å². The normalized spacial score (nSPS) is 14.0. The predicted octanol–water partition coefficient (Wildman–Crippen LogP) is 4.02. The molecule has 2 aromatic carbocycles. The fourth-order valence-corrected chi connectivity index (χ4v) is 2.60. The zero-order valence-corrected chi connectivity index (χ0v) is 11.7. The fraction of sp³-hybridized carbons (Fsp3) is 0.167. The third kappa shape index (κ3) is 2.42. The number of hydrogen-bond acceptors (Lipinski definition) is 2. The molecular weight excluding hydrogens is 264 g/mol. The van der Waals surface area contributed by atoms with Gasteiger partial charge in [0.15, 0.2) is 0 Å². The van der Waals surface area contributed by atoms with Crippen molar-refractivity contribution in [3.8, 4) is 0 Å². The summed E-state index contributed by atoms with van der Waals surface area (Å²) < 4.78 is 5.32. The number of rotatable bonds is 4. The van der Waals surface area contributed by atoms with Gasteiger partial charge in [-0.2, -0.15) is 0 Å². The first-order valence-electron chi connectivity index (χ1n) is 6.85. The van der Waals surface area contributed by atoms with Crippen LogP contribution in [0, 0.1) is 0 Å². The molecule has 0 saturated heterocycles. The molecule has 0 saturated carbocycles. The summed E-state index contributed by atoms with van der Waals surface area (Å²) in [6, 6.07) is 17.3. The third-order valence-corrected chi connectivity index (χ3v) is 3.97. The first kappa shape index (κ1) is 13.4. The first-order valence-corrected chi connectivity index (χ1v) is 6.85. The summed E-state index contributed by atoms with van der Waals surface area (Å²) in [5, 5.41) is 11.9. The molecule has 1 unspecified atom stereocenters. The molecule has 3 heteroatoms. The molecule has 106 valence electrons. The Morgan fingerprint density at radius 2 is 1.86 bits per heavy atom. The van der Waals surface area contributed by atoms with Crippen LogP contribution in [0.15, 0.2) is 65.3 Å². The second kappa shape index (κ2) is 5.09. The minimum Gasteiger partial charge on any atom is -0.481 e. The van der Waals surface area contributed by atoms with Gasteiger partial charge in [-0.1, -0.05) is 42.5 Å². The minimum absolute atomic E-state index is 0.327. The van der Waals surface area contributed by atoms with Crippen LogP contribution in [0.3, 0.4) is 0 Å². The lowest BCUT2D eigenvalue weighted by Gasteiger charge is -2.24. The highest BCUT2D eigenvalue weighted by atomic mass is 16.4. The maximum Gasteiger partial charge on any atom is 0.314 e. The van der Waals surface area contributed by atoms with E-state index in [1.54, 1.807) is 19.3 Å². The predicted molar refractivity (Wildman–Crippen MR) is 81.3 cm³/mol. The Morgan fingerprint density at radius 3 is 2.52 bits per heavy atom. The van der Waals surface area contributed by atoms with Crippen molar-refractivity contribution in [3.05, 3.63) is 72.2 Å². The van der Waals surface area contributed by atoms with Crippen LogP contribution >= 0.6 is 0 Å². The van der Waals surface area contributed by atoms with Crippen LogP contribution in [0.2, 0.25) is 0 Å². The van der Waals surface area contributed by atoms with Crippen molar-refractivity contribution >= 4 is 16.7 Å². The SMILES string of the molecule is CC(Cc1ccco1)(C(=O)O)c1ccc2ccccc2c1. The summed E-state index contributed by atoms with van der Waals surface area (Å²) in [6.07, 6.45) is 1.89. The average molecular weight is 280 g/mol. The van der Waals surface area contributed by atoms with Gasteiger partial charge in [-0.15, -0.1) is 0 Å². The lowest BCUT2D eigenvalue weighted by atomic mass is 9.78. The molecule has 1 atom stereocenters. The maximum absolute atomic E-state index is 11.8. The number of carboxylic acid groups (broad SMARTS) is 1. The third-order valence-electron chi connectivity index (χ3n) is 3.97. The highest BCUT2D eigenvalue weighted by Crippen LogP contribution is 2.31. The molecule has 3 aromatic rings. The quantitative estimate of drug-likeness (QED) is 0.785. The van der Waals surface area contributed by atoms with Gasteiger partial charge in [0.05, 0.1) is 11.7 Å². The number of benzene rings is 2. The molecule has 0 amide bonds. The molecule has 0 spiro atoms. The molecule has 1 N–H and O–H groups in total. The molecule has 21 heavy (non-hydrogen) atoms. The molecular formula is C18H16O3. The Kier molecular flexibility index (Phi) is 3.26. The van der Waals surface area contributed by atoms with E-state index >= 15 is 0 Å². The van der Waals surface area contributed by atoms with Crippen molar-refractivity contribution in [1.82, 2.24) is 0 Å². The largest absolute Gasteiger partial charge is 0.481 e. The molecule has 0 aliphatic rings.